The van der Waals surface area contributed by atoms with E-state index in [0.29, 0.717) is 22.7 Å². The molecule has 1 amide bonds. The smallest absolute Gasteiger partial charge is 0.262 e. The topological polar surface area (TPSA) is 93.4 Å². The number of amides is 1. The minimum Gasteiger partial charge on any atom is -0.506 e. The van der Waals surface area contributed by atoms with E-state index in [4.69, 9.17) is 16.3 Å². The molecule has 0 saturated carbocycles. The lowest BCUT2D eigenvalue weighted by Crippen LogP contribution is -2.37. The van der Waals surface area contributed by atoms with Crippen LogP contribution in [0.25, 0.3) is 22.3 Å². The number of rotatable bonds is 5. The van der Waals surface area contributed by atoms with Crippen LogP contribution in [0.2, 0.25) is 5.02 Å². The molecule has 0 radical (unpaired) electrons. The number of halogens is 1. The summed E-state index contributed by atoms with van der Waals surface area (Å²) >= 11 is 5.98. The summed E-state index contributed by atoms with van der Waals surface area (Å²) in [6.45, 7) is 3.46. The van der Waals surface area contributed by atoms with Gasteiger partial charge >= 0.3 is 0 Å². The van der Waals surface area contributed by atoms with Gasteiger partial charge in [-0.1, -0.05) is 23.7 Å². The molecule has 0 bridgehead atoms. The van der Waals surface area contributed by atoms with Gasteiger partial charge in [0.25, 0.3) is 5.56 Å². The van der Waals surface area contributed by atoms with E-state index in [9.17, 15) is 14.7 Å². The van der Waals surface area contributed by atoms with Crippen LogP contribution >= 0.6 is 11.6 Å². The van der Waals surface area contributed by atoms with Crippen molar-refractivity contribution in [3.05, 3.63) is 51.8 Å². The number of nitrogens with zero attached hydrogens (tertiary/aromatic N) is 2. The van der Waals surface area contributed by atoms with Gasteiger partial charge in [-0.3, -0.25) is 14.2 Å². The highest BCUT2D eigenvalue weighted by Gasteiger charge is 2.18. The van der Waals surface area contributed by atoms with Gasteiger partial charge in [-0.2, -0.15) is 0 Å². The van der Waals surface area contributed by atoms with Crippen molar-refractivity contribution in [2.75, 3.05) is 7.11 Å². The van der Waals surface area contributed by atoms with Crippen molar-refractivity contribution in [2.24, 2.45) is 0 Å². The van der Waals surface area contributed by atoms with E-state index in [0.717, 1.165) is 0 Å². The van der Waals surface area contributed by atoms with E-state index in [1.807, 2.05) is 13.8 Å². The van der Waals surface area contributed by atoms with Crippen LogP contribution in [-0.4, -0.2) is 33.7 Å². The first-order valence-electron chi connectivity index (χ1n) is 8.67. The van der Waals surface area contributed by atoms with Gasteiger partial charge in [0, 0.05) is 11.6 Å². The molecule has 0 atom stereocenters. The Morgan fingerprint density at radius 3 is 2.75 bits per heavy atom. The lowest BCUT2D eigenvalue weighted by atomic mass is 10.1. The van der Waals surface area contributed by atoms with Gasteiger partial charge in [0.2, 0.25) is 5.91 Å². The first-order chi connectivity index (χ1) is 13.3. The number of aromatic nitrogens is 2. The van der Waals surface area contributed by atoms with E-state index in [-0.39, 0.29) is 34.7 Å². The second kappa shape index (κ2) is 7.90. The van der Waals surface area contributed by atoms with Crippen molar-refractivity contribution in [2.45, 2.75) is 26.4 Å². The largest absolute Gasteiger partial charge is 0.506 e. The minimum absolute atomic E-state index is 0.0697. The maximum absolute atomic E-state index is 13.1. The first-order valence-corrected chi connectivity index (χ1v) is 9.04. The molecule has 3 rings (SSSR count). The SMILES string of the molecule is COc1cccc(-c2nc3cc(Cl)c(O)cc3c(=O)n2CC(=O)NC(C)C)c1. The molecular formula is C20H20ClN3O4. The molecule has 0 aliphatic heterocycles. The summed E-state index contributed by atoms with van der Waals surface area (Å²) in [6, 6.07) is 9.66. The number of phenolic OH excluding ortho intramolecular Hbond substituents is 1. The van der Waals surface area contributed by atoms with Crippen LogP contribution in [0.15, 0.2) is 41.2 Å². The summed E-state index contributed by atoms with van der Waals surface area (Å²) in [5.41, 5.74) is 0.486. The lowest BCUT2D eigenvalue weighted by Gasteiger charge is -2.15. The fourth-order valence-electron chi connectivity index (χ4n) is 2.87. The molecule has 0 aliphatic carbocycles. The molecule has 1 aromatic heterocycles. The standard InChI is InChI=1S/C20H20ClN3O4/c1-11(2)22-18(26)10-24-19(12-5-4-6-13(7-12)28-3)23-16-9-15(21)17(25)8-14(16)20(24)27/h4-9,11,25H,10H2,1-3H3,(H,22,26). The van der Waals surface area contributed by atoms with Crippen LogP contribution in [0.5, 0.6) is 11.5 Å². The number of carbonyl (C=O) groups excluding carboxylic acids is 1. The molecule has 146 valence electrons. The monoisotopic (exact) mass is 401 g/mol. The van der Waals surface area contributed by atoms with Gasteiger partial charge in [-0.15, -0.1) is 0 Å². The summed E-state index contributed by atoms with van der Waals surface area (Å²) in [4.78, 5) is 30.0. The number of methoxy groups -OCH3 is 1. The fraction of sp³-hybridized carbons (Fsp3) is 0.250. The van der Waals surface area contributed by atoms with Crippen molar-refractivity contribution in [3.8, 4) is 22.9 Å². The van der Waals surface area contributed by atoms with Crippen LogP contribution < -0.4 is 15.6 Å². The zero-order valence-electron chi connectivity index (χ0n) is 15.7. The van der Waals surface area contributed by atoms with Crippen molar-refractivity contribution in [1.82, 2.24) is 14.9 Å². The highest BCUT2D eigenvalue weighted by Crippen LogP contribution is 2.29. The fourth-order valence-corrected chi connectivity index (χ4v) is 3.03. The number of fused-ring (bicyclic) bond motifs is 1. The molecule has 0 spiro atoms. The first kappa shape index (κ1) is 19.7. The summed E-state index contributed by atoms with van der Waals surface area (Å²) in [5.74, 6) is 0.354. The van der Waals surface area contributed by atoms with Gasteiger partial charge in [0.1, 0.15) is 23.9 Å². The van der Waals surface area contributed by atoms with Crippen molar-refractivity contribution in [3.63, 3.8) is 0 Å². The lowest BCUT2D eigenvalue weighted by molar-refractivity contribution is -0.122. The van der Waals surface area contributed by atoms with E-state index in [1.165, 1.54) is 16.7 Å². The Bertz CT molecular complexity index is 1110. The Labute approximate surface area is 166 Å². The molecular weight excluding hydrogens is 382 g/mol. The highest BCUT2D eigenvalue weighted by atomic mass is 35.5. The number of hydrogen-bond donors (Lipinski definition) is 2. The van der Waals surface area contributed by atoms with Crippen molar-refractivity contribution >= 4 is 28.4 Å². The predicted molar refractivity (Wildman–Crippen MR) is 108 cm³/mol. The minimum atomic E-state index is -0.450. The van der Waals surface area contributed by atoms with E-state index in [1.54, 1.807) is 31.4 Å². The maximum atomic E-state index is 13.1. The number of benzene rings is 2. The molecule has 7 nitrogen and oxygen atoms in total. The molecule has 2 aromatic carbocycles. The number of nitrogens with one attached hydrogen (secondary N) is 1. The highest BCUT2D eigenvalue weighted by molar-refractivity contribution is 6.32. The third-order valence-corrected chi connectivity index (χ3v) is 4.40. The van der Waals surface area contributed by atoms with Gasteiger partial charge in [0.05, 0.1) is 23.0 Å². The Balaban J connectivity index is 2.26. The second-order valence-electron chi connectivity index (χ2n) is 6.60. The molecule has 1 heterocycles. The summed E-state index contributed by atoms with van der Waals surface area (Å²) < 4.78 is 6.53. The molecule has 28 heavy (non-hydrogen) atoms. The molecule has 0 aliphatic rings. The molecule has 8 heteroatoms. The molecule has 2 N–H and O–H groups in total. The predicted octanol–water partition coefficient (Wildman–Crippen LogP) is 2.96. The summed E-state index contributed by atoms with van der Waals surface area (Å²) in [7, 11) is 1.54. The normalized spacial score (nSPS) is 11.0. The molecule has 0 saturated heterocycles. The van der Waals surface area contributed by atoms with E-state index in [2.05, 4.69) is 10.3 Å². The summed E-state index contributed by atoms with van der Waals surface area (Å²) in [6.07, 6.45) is 0. The number of phenols is 1. The van der Waals surface area contributed by atoms with Crippen molar-refractivity contribution in [1.29, 1.82) is 0 Å². The molecule has 0 fully saturated rings. The molecule has 3 aromatic rings. The Kier molecular flexibility index (Phi) is 5.56. The van der Waals surface area contributed by atoms with Gasteiger partial charge in [0.15, 0.2) is 0 Å². The third-order valence-electron chi connectivity index (χ3n) is 4.10. The van der Waals surface area contributed by atoms with Gasteiger partial charge in [-0.05, 0) is 38.1 Å². The zero-order valence-corrected chi connectivity index (χ0v) is 16.4. The van der Waals surface area contributed by atoms with Gasteiger partial charge < -0.3 is 15.2 Å². The number of hydrogen-bond acceptors (Lipinski definition) is 5. The zero-order chi connectivity index (χ0) is 20.4. The average molecular weight is 402 g/mol. The van der Waals surface area contributed by atoms with Crippen LogP contribution in [0.3, 0.4) is 0 Å². The van der Waals surface area contributed by atoms with Crippen LogP contribution in [0, 0.1) is 0 Å². The number of carbonyl (C=O) groups is 1. The van der Waals surface area contributed by atoms with E-state index >= 15 is 0 Å². The van der Waals surface area contributed by atoms with Gasteiger partial charge in [-0.25, -0.2) is 4.98 Å². The van der Waals surface area contributed by atoms with Crippen LogP contribution in [0.4, 0.5) is 0 Å². The molecule has 0 unspecified atom stereocenters. The number of aromatic hydroxyl groups is 1. The van der Waals surface area contributed by atoms with Crippen LogP contribution in [0.1, 0.15) is 13.8 Å². The Morgan fingerprint density at radius 1 is 1.32 bits per heavy atom. The van der Waals surface area contributed by atoms with E-state index < -0.39 is 5.56 Å². The summed E-state index contributed by atoms with van der Waals surface area (Å²) in [5, 5.41) is 12.9. The number of ether oxygens (including phenoxy) is 1. The Hall–Kier alpha value is -3.06. The third kappa shape index (κ3) is 3.94. The quantitative estimate of drug-likeness (QED) is 0.685. The Morgan fingerprint density at radius 2 is 2.07 bits per heavy atom. The van der Waals surface area contributed by atoms with Crippen molar-refractivity contribution < 1.29 is 14.6 Å². The second-order valence-corrected chi connectivity index (χ2v) is 7.01. The average Bonchev–Trinajstić information content (AvgIpc) is 2.65. The van der Waals surface area contributed by atoms with Crippen LogP contribution in [-0.2, 0) is 11.3 Å². The maximum Gasteiger partial charge on any atom is 0.262 e.